The first-order valence-electron chi connectivity index (χ1n) is 10.9. The molecule has 0 spiro atoms. The highest BCUT2D eigenvalue weighted by atomic mass is 35.5. The van der Waals surface area contributed by atoms with Gasteiger partial charge in [0.25, 0.3) is 5.91 Å². The maximum absolute atomic E-state index is 14.6. The summed E-state index contributed by atoms with van der Waals surface area (Å²) in [6.07, 6.45) is 3.27. The molecule has 34 heavy (non-hydrogen) atoms. The molecule has 2 atom stereocenters. The van der Waals surface area contributed by atoms with Crippen LogP contribution in [0.1, 0.15) is 54.1 Å². The molecule has 0 radical (unpaired) electrons. The van der Waals surface area contributed by atoms with Gasteiger partial charge < -0.3 is 10.2 Å². The lowest BCUT2D eigenvalue weighted by Gasteiger charge is -2.36. The maximum atomic E-state index is 14.6. The van der Waals surface area contributed by atoms with Crippen LogP contribution >= 0.6 is 11.6 Å². The SMILES string of the molecule is NS(=O)(=O)c1cccc(C(=O)N2CCCC[C@@H]2C(=O)NC(c2cc(F)c(Cl)cc2F)C2CC2)c1. The summed E-state index contributed by atoms with van der Waals surface area (Å²) in [4.78, 5) is 27.7. The second-order valence-corrected chi connectivity index (χ2v) is 10.7. The summed E-state index contributed by atoms with van der Waals surface area (Å²) in [5, 5.41) is 7.66. The Kier molecular flexibility index (Phi) is 6.93. The van der Waals surface area contributed by atoms with Crippen molar-refractivity contribution in [2.45, 2.75) is 49.1 Å². The van der Waals surface area contributed by atoms with Crippen LogP contribution in [0.15, 0.2) is 41.3 Å². The summed E-state index contributed by atoms with van der Waals surface area (Å²) in [6.45, 7) is 0.300. The van der Waals surface area contributed by atoms with Crippen LogP contribution in [0.4, 0.5) is 8.78 Å². The molecule has 1 aliphatic carbocycles. The Bertz CT molecular complexity index is 1240. The molecule has 1 heterocycles. The molecule has 1 saturated carbocycles. The zero-order valence-electron chi connectivity index (χ0n) is 18.1. The van der Waals surface area contributed by atoms with Gasteiger partial charge in [-0.1, -0.05) is 17.7 Å². The van der Waals surface area contributed by atoms with Crippen molar-refractivity contribution in [1.82, 2.24) is 10.2 Å². The third-order valence-corrected chi connectivity index (χ3v) is 7.44. The molecule has 2 aliphatic rings. The number of sulfonamides is 1. The van der Waals surface area contributed by atoms with E-state index in [-0.39, 0.29) is 27.0 Å². The number of piperidine rings is 1. The van der Waals surface area contributed by atoms with E-state index in [1.165, 1.54) is 29.2 Å². The van der Waals surface area contributed by atoms with Crippen LogP contribution in [0.5, 0.6) is 0 Å². The summed E-state index contributed by atoms with van der Waals surface area (Å²) in [7, 11) is -4.00. The van der Waals surface area contributed by atoms with E-state index < -0.39 is 45.6 Å². The van der Waals surface area contributed by atoms with Crippen LogP contribution in [0.3, 0.4) is 0 Å². The van der Waals surface area contributed by atoms with E-state index in [0.717, 1.165) is 25.0 Å². The highest BCUT2D eigenvalue weighted by Gasteiger charge is 2.39. The van der Waals surface area contributed by atoms with Gasteiger partial charge in [0.05, 0.1) is 16.0 Å². The number of carbonyl (C=O) groups is 2. The van der Waals surface area contributed by atoms with Crippen molar-refractivity contribution in [2.75, 3.05) is 6.54 Å². The number of nitrogens with two attached hydrogens (primary N) is 1. The van der Waals surface area contributed by atoms with E-state index in [0.29, 0.717) is 25.8 Å². The van der Waals surface area contributed by atoms with Crippen molar-refractivity contribution in [1.29, 1.82) is 0 Å². The molecule has 2 amide bonds. The predicted octanol–water partition coefficient (Wildman–Crippen LogP) is 3.53. The van der Waals surface area contributed by atoms with Gasteiger partial charge in [-0.15, -0.1) is 0 Å². The fourth-order valence-electron chi connectivity index (χ4n) is 4.32. The average Bonchev–Trinajstić information content (AvgIpc) is 3.64. The number of carbonyl (C=O) groups excluding carboxylic acids is 2. The summed E-state index contributed by atoms with van der Waals surface area (Å²) >= 11 is 5.67. The standard InChI is InChI=1S/C23H24ClF2N3O4S/c24-17-12-18(25)16(11-19(17)26)21(13-7-8-13)28-22(30)20-6-1-2-9-29(20)23(31)14-4-3-5-15(10-14)34(27,32)33/h3-5,10-13,20-21H,1-2,6-9H2,(H,28,30)(H2,27,32,33)/t20-,21?/m1/s1. The minimum absolute atomic E-state index is 0.0206. The van der Waals surface area contributed by atoms with Crippen molar-refractivity contribution in [2.24, 2.45) is 11.1 Å². The van der Waals surface area contributed by atoms with E-state index in [2.05, 4.69) is 5.32 Å². The number of amides is 2. The van der Waals surface area contributed by atoms with Gasteiger partial charge in [0.15, 0.2) is 0 Å². The van der Waals surface area contributed by atoms with Gasteiger partial charge in [0.2, 0.25) is 15.9 Å². The highest BCUT2D eigenvalue weighted by molar-refractivity contribution is 7.89. The second-order valence-electron chi connectivity index (χ2n) is 8.69. The first-order chi connectivity index (χ1) is 16.1. The Morgan fingerprint density at radius 3 is 2.50 bits per heavy atom. The van der Waals surface area contributed by atoms with Crippen LogP contribution in [-0.4, -0.2) is 37.7 Å². The highest BCUT2D eigenvalue weighted by Crippen LogP contribution is 2.42. The Morgan fingerprint density at radius 1 is 1.09 bits per heavy atom. The van der Waals surface area contributed by atoms with Crippen LogP contribution in [0.2, 0.25) is 5.02 Å². The molecule has 2 aromatic carbocycles. The Labute approximate surface area is 201 Å². The largest absolute Gasteiger partial charge is 0.347 e. The molecular weight excluding hydrogens is 488 g/mol. The lowest BCUT2D eigenvalue weighted by atomic mass is 9.97. The molecule has 7 nitrogen and oxygen atoms in total. The number of likely N-dealkylation sites (tertiary alicyclic amines) is 1. The van der Waals surface area contributed by atoms with E-state index in [9.17, 15) is 26.8 Å². The zero-order chi connectivity index (χ0) is 24.6. The number of nitrogens with one attached hydrogen (secondary N) is 1. The number of nitrogens with zero attached hydrogens (tertiary/aromatic N) is 1. The quantitative estimate of drug-likeness (QED) is 0.578. The summed E-state index contributed by atoms with van der Waals surface area (Å²) < 4.78 is 52.0. The second kappa shape index (κ2) is 9.59. The van der Waals surface area contributed by atoms with Crippen LogP contribution < -0.4 is 10.5 Å². The molecule has 0 bridgehead atoms. The van der Waals surface area contributed by atoms with Gasteiger partial charge in [0, 0.05) is 17.7 Å². The Balaban J connectivity index is 1.58. The fraction of sp³-hybridized carbons (Fsp3) is 0.391. The third-order valence-electron chi connectivity index (χ3n) is 6.24. The van der Waals surface area contributed by atoms with Crippen LogP contribution in [-0.2, 0) is 14.8 Å². The summed E-state index contributed by atoms with van der Waals surface area (Å²) in [5.41, 5.74) is 0.114. The van der Waals surface area contributed by atoms with Crippen LogP contribution in [0, 0.1) is 17.6 Å². The molecule has 1 unspecified atom stereocenters. The van der Waals surface area contributed by atoms with Crippen LogP contribution in [0.25, 0.3) is 0 Å². The molecule has 4 rings (SSSR count). The van der Waals surface area contributed by atoms with E-state index in [4.69, 9.17) is 16.7 Å². The van der Waals surface area contributed by atoms with Gasteiger partial charge in [-0.05, 0) is 68.4 Å². The van der Waals surface area contributed by atoms with Gasteiger partial charge in [-0.3, -0.25) is 9.59 Å². The maximum Gasteiger partial charge on any atom is 0.254 e. The number of rotatable bonds is 6. The fourth-order valence-corrected chi connectivity index (χ4v) is 5.03. The van der Waals surface area contributed by atoms with Gasteiger partial charge >= 0.3 is 0 Å². The van der Waals surface area contributed by atoms with Crippen molar-refractivity contribution in [3.05, 3.63) is 64.2 Å². The molecule has 2 fully saturated rings. The molecule has 11 heteroatoms. The summed E-state index contributed by atoms with van der Waals surface area (Å²) in [5.74, 6) is -2.50. The molecule has 0 aromatic heterocycles. The number of halogens is 3. The number of primary sulfonamides is 1. The minimum atomic E-state index is -4.00. The monoisotopic (exact) mass is 511 g/mol. The van der Waals surface area contributed by atoms with Crippen molar-refractivity contribution >= 4 is 33.4 Å². The summed E-state index contributed by atoms with van der Waals surface area (Å²) in [6, 6.07) is 5.65. The first kappa shape index (κ1) is 24.6. The predicted molar refractivity (Wildman–Crippen MR) is 121 cm³/mol. The minimum Gasteiger partial charge on any atom is -0.347 e. The van der Waals surface area contributed by atoms with Gasteiger partial charge in [0.1, 0.15) is 17.7 Å². The normalized spacial score (nSPS) is 19.5. The first-order valence-corrected chi connectivity index (χ1v) is 12.9. The lowest BCUT2D eigenvalue weighted by Crippen LogP contribution is -2.52. The smallest absolute Gasteiger partial charge is 0.254 e. The molecule has 3 N–H and O–H groups in total. The molecule has 1 aliphatic heterocycles. The molecule has 2 aromatic rings. The molecule has 1 saturated heterocycles. The molecule has 182 valence electrons. The zero-order valence-corrected chi connectivity index (χ0v) is 19.7. The van der Waals surface area contributed by atoms with Crippen molar-refractivity contribution in [3.8, 4) is 0 Å². The topological polar surface area (TPSA) is 110 Å². The average molecular weight is 512 g/mol. The van der Waals surface area contributed by atoms with E-state index in [1.54, 1.807) is 0 Å². The third kappa shape index (κ3) is 5.24. The van der Waals surface area contributed by atoms with E-state index >= 15 is 0 Å². The van der Waals surface area contributed by atoms with Gasteiger partial charge in [-0.2, -0.15) is 0 Å². The Hall–Kier alpha value is -2.56. The number of benzene rings is 2. The van der Waals surface area contributed by atoms with Crippen molar-refractivity contribution in [3.63, 3.8) is 0 Å². The van der Waals surface area contributed by atoms with E-state index in [1.807, 2.05) is 0 Å². The van der Waals surface area contributed by atoms with Gasteiger partial charge in [-0.25, -0.2) is 22.3 Å². The number of hydrogen-bond acceptors (Lipinski definition) is 4. The Morgan fingerprint density at radius 2 is 1.82 bits per heavy atom. The van der Waals surface area contributed by atoms with Crippen molar-refractivity contribution < 1.29 is 26.8 Å². The lowest BCUT2D eigenvalue weighted by molar-refractivity contribution is -0.127. The molecular formula is C23H24ClF2N3O4S. The number of hydrogen-bond donors (Lipinski definition) is 2.